The van der Waals surface area contributed by atoms with Crippen LogP contribution >= 0.6 is 11.6 Å². The van der Waals surface area contributed by atoms with Crippen molar-refractivity contribution in [3.8, 4) is 0 Å². The molecule has 0 saturated heterocycles. The minimum absolute atomic E-state index is 0.331. The second kappa shape index (κ2) is 4.47. The Hall–Kier alpha value is -1.01. The van der Waals surface area contributed by atoms with Gasteiger partial charge >= 0.3 is 0 Å². The zero-order valence-corrected chi connectivity index (χ0v) is 10.5. The van der Waals surface area contributed by atoms with Crippen molar-refractivity contribution in [2.24, 2.45) is 11.8 Å². The molecule has 1 aliphatic rings. The smallest absolute Gasteiger partial charge is 0.0734 e. The van der Waals surface area contributed by atoms with Gasteiger partial charge in [-0.2, -0.15) is 0 Å². The molecule has 1 aromatic rings. The Labute approximate surface area is 103 Å². The van der Waals surface area contributed by atoms with E-state index < -0.39 is 0 Å². The molecule has 3 unspecified atom stereocenters. The van der Waals surface area contributed by atoms with Gasteiger partial charge in [0.15, 0.2) is 0 Å². The summed E-state index contributed by atoms with van der Waals surface area (Å²) in [6.07, 6.45) is 8.62. The van der Waals surface area contributed by atoms with Gasteiger partial charge in [0.1, 0.15) is 0 Å². The Morgan fingerprint density at radius 2 is 1.69 bits per heavy atom. The summed E-state index contributed by atoms with van der Waals surface area (Å²) in [6.45, 7) is 4.32. The van der Waals surface area contributed by atoms with Crippen molar-refractivity contribution in [2.75, 3.05) is 0 Å². The fourth-order valence-corrected chi connectivity index (χ4v) is 2.75. The second-order valence-electron chi connectivity index (χ2n) is 4.60. The highest BCUT2D eigenvalue weighted by molar-refractivity contribution is 6.24. The Bertz CT molecular complexity index is 401. The van der Waals surface area contributed by atoms with E-state index in [1.165, 1.54) is 5.56 Å². The predicted octanol–water partition coefficient (Wildman–Crippen LogP) is 4.52. The van der Waals surface area contributed by atoms with Gasteiger partial charge in [-0.1, -0.05) is 61.6 Å². The zero-order valence-electron chi connectivity index (χ0n) is 9.73. The number of rotatable bonds is 2. The first kappa shape index (κ1) is 11.5. The quantitative estimate of drug-likeness (QED) is 0.658. The summed E-state index contributed by atoms with van der Waals surface area (Å²) < 4.78 is 0. The predicted molar refractivity (Wildman–Crippen MR) is 70.6 cm³/mol. The van der Waals surface area contributed by atoms with Gasteiger partial charge < -0.3 is 0 Å². The van der Waals surface area contributed by atoms with E-state index in [1.54, 1.807) is 0 Å². The van der Waals surface area contributed by atoms with Gasteiger partial charge in [-0.15, -0.1) is 11.6 Å². The number of hydrogen-bond donors (Lipinski definition) is 0. The van der Waals surface area contributed by atoms with E-state index in [4.69, 9.17) is 11.6 Å². The van der Waals surface area contributed by atoms with Gasteiger partial charge in [-0.25, -0.2) is 0 Å². The lowest BCUT2D eigenvalue weighted by Gasteiger charge is -2.35. The Kier molecular flexibility index (Phi) is 3.20. The summed E-state index contributed by atoms with van der Waals surface area (Å²) in [5.74, 6) is 0.828. The maximum Gasteiger partial charge on any atom is 0.0734 e. The van der Waals surface area contributed by atoms with Crippen molar-refractivity contribution in [2.45, 2.75) is 18.7 Å². The third-order valence-corrected chi connectivity index (χ3v) is 3.85. The molecule has 84 valence electrons. The third kappa shape index (κ3) is 2.08. The molecule has 3 atom stereocenters. The van der Waals surface area contributed by atoms with Crippen LogP contribution < -0.4 is 0 Å². The molecule has 0 fully saturated rings. The average Bonchev–Trinajstić information content (AvgIpc) is 2.30. The van der Waals surface area contributed by atoms with E-state index in [0.717, 1.165) is 0 Å². The number of halogens is 1. The van der Waals surface area contributed by atoms with Crippen LogP contribution in [0, 0.1) is 11.8 Å². The van der Waals surface area contributed by atoms with Crippen molar-refractivity contribution >= 4 is 11.6 Å². The van der Waals surface area contributed by atoms with Crippen molar-refractivity contribution in [3.05, 3.63) is 60.2 Å². The first-order valence-electron chi connectivity index (χ1n) is 5.72. The summed E-state index contributed by atoms with van der Waals surface area (Å²) in [5, 5.41) is 0. The zero-order chi connectivity index (χ0) is 11.6. The molecule has 0 radical (unpaired) electrons. The summed E-state index contributed by atoms with van der Waals surface area (Å²) in [6, 6.07) is 10.3. The highest BCUT2D eigenvalue weighted by atomic mass is 35.5. The van der Waals surface area contributed by atoms with Gasteiger partial charge in [0.05, 0.1) is 4.87 Å². The van der Waals surface area contributed by atoms with Crippen molar-refractivity contribution in [3.63, 3.8) is 0 Å². The molecule has 1 aromatic carbocycles. The number of alkyl halides is 1. The van der Waals surface area contributed by atoms with Crippen LogP contribution in [0.25, 0.3) is 0 Å². The minimum Gasteiger partial charge on any atom is -0.114 e. The molecule has 16 heavy (non-hydrogen) atoms. The van der Waals surface area contributed by atoms with Crippen LogP contribution in [0.3, 0.4) is 0 Å². The fourth-order valence-electron chi connectivity index (χ4n) is 2.35. The van der Waals surface area contributed by atoms with E-state index >= 15 is 0 Å². The topological polar surface area (TPSA) is 0 Å². The lowest BCUT2D eigenvalue weighted by molar-refractivity contribution is 0.394. The van der Waals surface area contributed by atoms with Crippen LogP contribution in [0.15, 0.2) is 54.6 Å². The van der Waals surface area contributed by atoms with E-state index in [0.29, 0.717) is 11.8 Å². The molecule has 0 amide bonds. The number of benzene rings is 1. The molecule has 0 spiro atoms. The highest BCUT2D eigenvalue weighted by Gasteiger charge is 2.35. The molecule has 0 aliphatic heterocycles. The molecule has 1 heteroatoms. The lowest BCUT2D eigenvalue weighted by atomic mass is 9.77. The van der Waals surface area contributed by atoms with Crippen LogP contribution in [0.2, 0.25) is 0 Å². The molecule has 0 aromatic heterocycles. The largest absolute Gasteiger partial charge is 0.114 e. The van der Waals surface area contributed by atoms with Crippen molar-refractivity contribution < 1.29 is 0 Å². The Morgan fingerprint density at radius 1 is 1.06 bits per heavy atom. The van der Waals surface area contributed by atoms with Crippen LogP contribution in [0.1, 0.15) is 19.4 Å². The normalized spacial score (nSPS) is 27.7. The SMILES string of the molecule is CC1C=CC=CC1C(C)(Cl)c1ccccc1. The number of hydrogen-bond acceptors (Lipinski definition) is 0. The monoisotopic (exact) mass is 232 g/mol. The summed E-state index contributed by atoms with van der Waals surface area (Å²) in [7, 11) is 0. The summed E-state index contributed by atoms with van der Waals surface area (Å²) in [4.78, 5) is -0.331. The number of allylic oxidation sites excluding steroid dienone is 4. The van der Waals surface area contributed by atoms with Crippen LogP contribution in [-0.4, -0.2) is 0 Å². The van der Waals surface area contributed by atoms with Gasteiger partial charge in [0, 0.05) is 5.92 Å². The molecule has 1 aliphatic carbocycles. The second-order valence-corrected chi connectivity index (χ2v) is 5.38. The van der Waals surface area contributed by atoms with Gasteiger partial charge in [-0.3, -0.25) is 0 Å². The van der Waals surface area contributed by atoms with Crippen LogP contribution in [-0.2, 0) is 4.87 Å². The van der Waals surface area contributed by atoms with Crippen molar-refractivity contribution in [1.29, 1.82) is 0 Å². The van der Waals surface area contributed by atoms with Gasteiger partial charge in [0.2, 0.25) is 0 Å². The highest BCUT2D eigenvalue weighted by Crippen LogP contribution is 2.42. The molecule has 0 heterocycles. The van der Waals surface area contributed by atoms with E-state index in [2.05, 4.69) is 50.3 Å². The molecule has 2 rings (SSSR count). The van der Waals surface area contributed by atoms with E-state index in [1.807, 2.05) is 18.2 Å². The van der Waals surface area contributed by atoms with E-state index in [-0.39, 0.29) is 4.87 Å². The Balaban J connectivity index is 2.32. The van der Waals surface area contributed by atoms with Gasteiger partial charge in [0.25, 0.3) is 0 Å². The van der Waals surface area contributed by atoms with Crippen molar-refractivity contribution in [1.82, 2.24) is 0 Å². The summed E-state index contributed by atoms with van der Waals surface area (Å²) >= 11 is 6.75. The molecule has 0 saturated carbocycles. The fraction of sp³-hybridized carbons (Fsp3) is 0.333. The molecular formula is C15H17Cl. The van der Waals surface area contributed by atoms with Crippen LogP contribution in [0.5, 0.6) is 0 Å². The molecule has 0 nitrogen and oxygen atoms in total. The lowest BCUT2D eigenvalue weighted by Crippen LogP contribution is -2.29. The maximum absolute atomic E-state index is 6.75. The van der Waals surface area contributed by atoms with Crippen LogP contribution in [0.4, 0.5) is 0 Å². The standard InChI is InChI=1S/C15H17Cl/c1-12-8-6-7-11-14(12)15(2,16)13-9-4-3-5-10-13/h3-12,14H,1-2H3. The molecule has 0 N–H and O–H groups in total. The first-order chi connectivity index (χ1) is 7.62. The van der Waals surface area contributed by atoms with E-state index in [9.17, 15) is 0 Å². The minimum atomic E-state index is -0.331. The molecular weight excluding hydrogens is 216 g/mol. The van der Waals surface area contributed by atoms with Gasteiger partial charge in [-0.05, 0) is 18.4 Å². The molecule has 0 bridgehead atoms. The maximum atomic E-state index is 6.75. The Morgan fingerprint density at radius 3 is 2.31 bits per heavy atom. The third-order valence-electron chi connectivity index (χ3n) is 3.37. The first-order valence-corrected chi connectivity index (χ1v) is 6.09. The summed E-state index contributed by atoms with van der Waals surface area (Å²) in [5.41, 5.74) is 1.19. The average molecular weight is 233 g/mol.